The number of thiophene rings is 1. The van der Waals surface area contributed by atoms with Crippen LogP contribution >= 0.6 is 11.3 Å². The fourth-order valence-electron chi connectivity index (χ4n) is 4.20. The van der Waals surface area contributed by atoms with Gasteiger partial charge in [-0.05, 0) is 36.6 Å². The molecule has 1 fully saturated rings. The van der Waals surface area contributed by atoms with Crippen LogP contribution in [0, 0.1) is 12.4 Å². The maximum atomic E-state index is 14.5. The van der Waals surface area contributed by atoms with Crippen molar-refractivity contribution in [1.29, 1.82) is 0 Å². The number of rotatable bonds is 3. The summed E-state index contributed by atoms with van der Waals surface area (Å²) in [6.07, 6.45) is 5.39. The van der Waals surface area contributed by atoms with Gasteiger partial charge in [0.1, 0.15) is 5.82 Å². The van der Waals surface area contributed by atoms with Crippen molar-refractivity contribution in [2.75, 3.05) is 13.1 Å². The number of carbonyl (C=O) groups is 1. The van der Waals surface area contributed by atoms with E-state index in [0.29, 0.717) is 29.2 Å². The summed E-state index contributed by atoms with van der Waals surface area (Å²) in [5, 5.41) is 5.19. The number of hydrogen-bond acceptors (Lipinski definition) is 5. The van der Waals surface area contributed by atoms with Crippen LogP contribution in [-0.2, 0) is 7.05 Å². The smallest absolute Gasteiger partial charge is 0.264 e. The lowest BCUT2D eigenvalue weighted by Gasteiger charge is -2.30. The third-order valence-electron chi connectivity index (χ3n) is 5.80. The van der Waals surface area contributed by atoms with Gasteiger partial charge >= 0.3 is 0 Å². The molecule has 0 saturated carbocycles. The molecule has 33 heavy (non-hydrogen) atoms. The number of nitrogens with zero attached hydrogens (tertiary/aromatic N) is 5. The lowest BCUT2D eigenvalue weighted by molar-refractivity contribution is 0.0714. The van der Waals surface area contributed by atoms with E-state index in [0.717, 1.165) is 34.2 Å². The van der Waals surface area contributed by atoms with E-state index in [1.54, 1.807) is 21.8 Å². The predicted molar refractivity (Wildman–Crippen MR) is 127 cm³/mol. The summed E-state index contributed by atoms with van der Waals surface area (Å²) in [6, 6.07) is 8.28. The van der Waals surface area contributed by atoms with Crippen LogP contribution < -0.4 is 5.73 Å². The highest BCUT2D eigenvalue weighted by Gasteiger charge is 2.26. The number of aryl methyl sites for hydroxylation is 1. The minimum atomic E-state index is -0.588. The third-order valence-corrected chi connectivity index (χ3v) is 6.97. The highest BCUT2D eigenvalue weighted by molar-refractivity contribution is 7.18. The van der Waals surface area contributed by atoms with Gasteiger partial charge in [0.05, 0.1) is 11.4 Å². The first-order chi connectivity index (χ1) is 15.9. The molecule has 1 aliphatic heterocycles. The first-order valence-corrected chi connectivity index (χ1v) is 11.4. The zero-order chi connectivity index (χ0) is 23.1. The lowest BCUT2D eigenvalue weighted by atomic mass is 10.0. The van der Waals surface area contributed by atoms with E-state index in [2.05, 4.69) is 14.9 Å². The van der Waals surface area contributed by atoms with Gasteiger partial charge in [0.25, 0.3) is 5.91 Å². The summed E-state index contributed by atoms with van der Waals surface area (Å²) < 4.78 is 16.2. The second-order valence-corrected chi connectivity index (χ2v) is 9.28. The molecule has 9 heteroatoms. The van der Waals surface area contributed by atoms with E-state index < -0.39 is 5.82 Å². The number of nitrogens with two attached hydrogens (primary N) is 1. The molecule has 1 aliphatic rings. The van der Waals surface area contributed by atoms with Crippen LogP contribution in [0.25, 0.3) is 37.4 Å². The molecular formula is C24H21FN6OS. The van der Waals surface area contributed by atoms with Crippen molar-refractivity contribution in [2.45, 2.75) is 18.9 Å². The van der Waals surface area contributed by atoms with Gasteiger partial charge in [-0.15, -0.1) is 11.3 Å². The van der Waals surface area contributed by atoms with Gasteiger partial charge in [-0.3, -0.25) is 9.48 Å². The largest absolute Gasteiger partial charge is 0.336 e. The summed E-state index contributed by atoms with van der Waals surface area (Å²) in [7, 11) is 1.83. The van der Waals surface area contributed by atoms with Gasteiger partial charge in [0, 0.05) is 60.0 Å². The molecule has 0 unspecified atom stereocenters. The molecule has 2 N–H and O–H groups in total. The van der Waals surface area contributed by atoms with Crippen molar-refractivity contribution in [3.05, 3.63) is 64.8 Å². The zero-order valence-electron chi connectivity index (χ0n) is 18.0. The van der Waals surface area contributed by atoms with E-state index in [1.165, 1.54) is 23.5 Å². The lowest BCUT2D eigenvalue weighted by Crippen LogP contribution is -2.45. The minimum absolute atomic E-state index is 0.0194. The van der Waals surface area contributed by atoms with Crippen LogP contribution in [0.1, 0.15) is 22.5 Å². The molecule has 1 amide bonds. The van der Waals surface area contributed by atoms with Crippen molar-refractivity contribution in [2.24, 2.45) is 12.8 Å². The Morgan fingerprint density at radius 1 is 1.30 bits per heavy atom. The minimum Gasteiger partial charge on any atom is -0.336 e. The van der Waals surface area contributed by atoms with Gasteiger partial charge in [0.2, 0.25) is 5.69 Å². The first-order valence-electron chi connectivity index (χ1n) is 10.6. The Balaban J connectivity index is 1.63. The number of carbonyl (C=O) groups excluding carboxylic acids is 1. The van der Waals surface area contributed by atoms with Crippen molar-refractivity contribution >= 4 is 34.0 Å². The third kappa shape index (κ3) is 3.99. The number of hydrogen-bond donors (Lipinski definition) is 1. The van der Waals surface area contributed by atoms with Crippen molar-refractivity contribution in [1.82, 2.24) is 19.7 Å². The van der Waals surface area contributed by atoms with Crippen molar-refractivity contribution in [3.63, 3.8) is 0 Å². The number of piperidine rings is 1. The Kier molecular flexibility index (Phi) is 5.40. The molecule has 7 nitrogen and oxygen atoms in total. The molecule has 0 bridgehead atoms. The van der Waals surface area contributed by atoms with Crippen LogP contribution in [0.3, 0.4) is 0 Å². The average molecular weight is 461 g/mol. The topological polar surface area (TPSA) is 81.4 Å². The summed E-state index contributed by atoms with van der Waals surface area (Å²) in [4.78, 5) is 24.1. The standard InChI is InChI=1S/C24H21FN6OS/c1-27-20-6-5-14(9-19(20)25)18-10-21(24(32)31-7-3-4-17(26)13-31)33-22(18)15-8-16-12-30(2)29-23(16)28-11-15/h5-6,8-12,17H,3-4,7,13,26H2,2H3/t17-/m1/s1. The fraction of sp³-hybridized carbons (Fsp3) is 0.250. The second-order valence-electron chi connectivity index (χ2n) is 8.22. The number of benzene rings is 1. The van der Waals surface area contributed by atoms with Crippen LogP contribution in [0.2, 0.25) is 0 Å². The molecule has 1 aromatic carbocycles. The van der Waals surface area contributed by atoms with Gasteiger partial charge in [-0.25, -0.2) is 14.2 Å². The molecule has 0 radical (unpaired) electrons. The highest BCUT2D eigenvalue weighted by Crippen LogP contribution is 2.41. The molecular weight excluding hydrogens is 439 g/mol. The molecule has 4 heterocycles. The van der Waals surface area contributed by atoms with Gasteiger partial charge in [0.15, 0.2) is 5.65 Å². The molecule has 0 spiro atoms. The Bertz CT molecular complexity index is 1420. The fourth-order valence-corrected chi connectivity index (χ4v) is 5.33. The number of aromatic nitrogens is 3. The molecule has 0 aliphatic carbocycles. The monoisotopic (exact) mass is 460 g/mol. The number of likely N-dealkylation sites (tertiary alicyclic amines) is 1. The maximum Gasteiger partial charge on any atom is 0.264 e. The Labute approximate surface area is 194 Å². The molecule has 166 valence electrons. The highest BCUT2D eigenvalue weighted by atomic mass is 32.1. The van der Waals surface area contributed by atoms with E-state index in [9.17, 15) is 9.18 Å². The molecule has 5 rings (SSSR count). The molecule has 1 saturated heterocycles. The number of amides is 1. The Morgan fingerprint density at radius 2 is 2.15 bits per heavy atom. The van der Waals surface area contributed by atoms with Crippen molar-refractivity contribution in [3.8, 4) is 21.6 Å². The molecule has 1 atom stereocenters. The zero-order valence-corrected chi connectivity index (χ0v) is 18.8. The summed E-state index contributed by atoms with van der Waals surface area (Å²) in [6.45, 7) is 8.32. The van der Waals surface area contributed by atoms with Crippen LogP contribution in [0.4, 0.5) is 10.1 Å². The van der Waals surface area contributed by atoms with E-state index >= 15 is 0 Å². The van der Waals surface area contributed by atoms with Crippen LogP contribution in [-0.4, -0.2) is 44.7 Å². The Morgan fingerprint density at radius 3 is 2.91 bits per heavy atom. The van der Waals surface area contributed by atoms with Gasteiger partial charge in [-0.2, -0.15) is 5.10 Å². The van der Waals surface area contributed by atoms with Crippen molar-refractivity contribution < 1.29 is 9.18 Å². The summed E-state index contributed by atoms with van der Waals surface area (Å²) >= 11 is 1.36. The number of pyridine rings is 1. The van der Waals surface area contributed by atoms with Crippen LogP contribution in [0.15, 0.2) is 42.7 Å². The average Bonchev–Trinajstić information content (AvgIpc) is 3.41. The predicted octanol–water partition coefficient (Wildman–Crippen LogP) is 4.62. The van der Waals surface area contributed by atoms with Gasteiger partial charge in [-0.1, -0.05) is 12.1 Å². The number of halogens is 1. The second kappa shape index (κ2) is 8.39. The first kappa shape index (κ1) is 21.2. The normalized spacial score (nSPS) is 16.2. The van der Waals surface area contributed by atoms with Crippen LogP contribution in [0.5, 0.6) is 0 Å². The molecule has 4 aromatic rings. The van der Waals surface area contributed by atoms with E-state index in [1.807, 2.05) is 25.4 Å². The molecule has 3 aromatic heterocycles. The quantitative estimate of drug-likeness (QED) is 0.453. The summed E-state index contributed by atoms with van der Waals surface area (Å²) in [5.74, 6) is -0.660. The summed E-state index contributed by atoms with van der Waals surface area (Å²) in [5.41, 5.74) is 8.83. The Hall–Kier alpha value is -3.61. The number of fused-ring (bicyclic) bond motifs is 1. The van der Waals surface area contributed by atoms with E-state index in [-0.39, 0.29) is 17.6 Å². The van der Waals surface area contributed by atoms with Gasteiger partial charge < -0.3 is 10.6 Å². The van der Waals surface area contributed by atoms with E-state index in [4.69, 9.17) is 12.3 Å². The maximum absolute atomic E-state index is 14.5. The SMILES string of the molecule is [C-]#[N+]c1ccc(-c2cc(C(=O)N3CCC[C@@H](N)C3)sc2-c2cnc3nn(C)cc3c2)cc1F.